The van der Waals surface area contributed by atoms with Gasteiger partial charge in [-0.2, -0.15) is 0 Å². The summed E-state index contributed by atoms with van der Waals surface area (Å²) in [6, 6.07) is 17.1. The number of rotatable bonds is 5. The van der Waals surface area contributed by atoms with Crippen LogP contribution in [-0.2, 0) is 9.59 Å². The summed E-state index contributed by atoms with van der Waals surface area (Å²) in [4.78, 5) is 42.3. The van der Waals surface area contributed by atoms with Crippen molar-refractivity contribution < 1.29 is 23.2 Å². The first-order chi connectivity index (χ1) is 17.1. The van der Waals surface area contributed by atoms with Gasteiger partial charge in [0.1, 0.15) is 23.2 Å². The summed E-state index contributed by atoms with van der Waals surface area (Å²) in [7, 11) is 1.50. The van der Waals surface area contributed by atoms with E-state index in [1.807, 2.05) is 0 Å². The Balaban J connectivity index is 1.62. The summed E-state index contributed by atoms with van der Waals surface area (Å²) in [6.45, 7) is 3.08. The number of halogens is 2. The maximum Gasteiger partial charge on any atom is 0.252 e. The molecule has 0 fully saturated rings. The molecule has 0 bridgehead atoms. The highest BCUT2D eigenvalue weighted by molar-refractivity contribution is 6.05. The van der Waals surface area contributed by atoms with E-state index in [9.17, 15) is 23.2 Å². The predicted octanol–water partition coefficient (Wildman–Crippen LogP) is 3.77. The Morgan fingerprint density at radius 3 is 2.22 bits per heavy atom. The molecule has 0 radical (unpaired) electrons. The first-order valence-electron chi connectivity index (χ1n) is 11.4. The van der Waals surface area contributed by atoms with Crippen LogP contribution in [0, 0.1) is 11.6 Å². The minimum absolute atomic E-state index is 0.00187. The second-order valence-corrected chi connectivity index (χ2v) is 9.09. The number of hydrogen-bond acceptors (Lipinski definition) is 4. The summed E-state index contributed by atoms with van der Waals surface area (Å²) in [5.74, 6) is -2.43. The van der Waals surface area contributed by atoms with Gasteiger partial charge in [-0.25, -0.2) is 8.78 Å². The van der Waals surface area contributed by atoms with Crippen molar-refractivity contribution >= 4 is 34.8 Å². The highest BCUT2D eigenvalue weighted by atomic mass is 19.1. The Morgan fingerprint density at radius 2 is 1.56 bits per heavy atom. The van der Waals surface area contributed by atoms with Gasteiger partial charge >= 0.3 is 0 Å². The third-order valence-corrected chi connectivity index (χ3v) is 6.06. The Bertz CT molecular complexity index is 1300. The number of carbonyl (C=O) groups excluding carboxylic acids is 3. The molecule has 0 spiro atoms. The molecule has 0 saturated heterocycles. The van der Waals surface area contributed by atoms with Crippen LogP contribution in [0.3, 0.4) is 0 Å². The van der Waals surface area contributed by atoms with E-state index in [-0.39, 0.29) is 6.54 Å². The Labute approximate surface area is 207 Å². The van der Waals surface area contributed by atoms with Crippen LogP contribution in [0.1, 0.15) is 24.2 Å². The Hall–Kier alpha value is -4.27. The molecule has 0 unspecified atom stereocenters. The van der Waals surface area contributed by atoms with E-state index in [1.54, 1.807) is 47.4 Å². The van der Waals surface area contributed by atoms with E-state index in [0.717, 1.165) is 0 Å². The molecule has 2 N–H and O–H groups in total. The average molecular weight is 493 g/mol. The fourth-order valence-electron chi connectivity index (χ4n) is 4.02. The van der Waals surface area contributed by atoms with Gasteiger partial charge in [-0.1, -0.05) is 18.2 Å². The highest BCUT2D eigenvalue weighted by Crippen LogP contribution is 2.37. The van der Waals surface area contributed by atoms with Crippen LogP contribution < -0.4 is 20.4 Å². The SMILES string of the molecule is CN1C(=O)[C@H](NC(=O)C(C)(C)NC(=O)c2ccccc2)CN(c2ccc(F)cc2)c2ccc(F)cc21. The van der Waals surface area contributed by atoms with Crippen LogP contribution in [0.5, 0.6) is 0 Å². The summed E-state index contributed by atoms with van der Waals surface area (Å²) in [5, 5.41) is 5.44. The molecule has 186 valence electrons. The minimum Gasteiger partial charge on any atom is -0.341 e. The van der Waals surface area contributed by atoms with Crippen molar-refractivity contribution in [3.63, 3.8) is 0 Å². The summed E-state index contributed by atoms with van der Waals surface area (Å²) < 4.78 is 27.7. The normalized spacial score (nSPS) is 15.7. The van der Waals surface area contributed by atoms with Gasteiger partial charge in [0, 0.05) is 18.3 Å². The van der Waals surface area contributed by atoms with Crippen LogP contribution in [0.25, 0.3) is 0 Å². The number of hydrogen-bond donors (Lipinski definition) is 2. The van der Waals surface area contributed by atoms with Crippen molar-refractivity contribution in [3.05, 3.63) is 90.0 Å². The lowest BCUT2D eigenvalue weighted by molar-refractivity contribution is -0.130. The lowest BCUT2D eigenvalue weighted by Crippen LogP contribution is -2.60. The monoisotopic (exact) mass is 492 g/mol. The van der Waals surface area contributed by atoms with E-state index in [2.05, 4.69) is 10.6 Å². The number of fused-ring (bicyclic) bond motifs is 1. The van der Waals surface area contributed by atoms with Crippen LogP contribution in [0.2, 0.25) is 0 Å². The van der Waals surface area contributed by atoms with E-state index in [4.69, 9.17) is 0 Å². The lowest BCUT2D eigenvalue weighted by Gasteiger charge is -2.30. The van der Waals surface area contributed by atoms with Crippen molar-refractivity contribution in [2.75, 3.05) is 23.4 Å². The molecule has 4 rings (SSSR count). The van der Waals surface area contributed by atoms with E-state index >= 15 is 0 Å². The third kappa shape index (κ3) is 5.05. The number of anilines is 3. The van der Waals surface area contributed by atoms with Crippen molar-refractivity contribution in [1.29, 1.82) is 0 Å². The van der Waals surface area contributed by atoms with Crippen molar-refractivity contribution in [3.8, 4) is 0 Å². The zero-order valence-corrected chi connectivity index (χ0v) is 20.1. The molecule has 1 aliphatic rings. The molecule has 9 heteroatoms. The van der Waals surface area contributed by atoms with Gasteiger partial charge in [0.05, 0.1) is 17.9 Å². The molecule has 0 aliphatic carbocycles. The van der Waals surface area contributed by atoms with Crippen molar-refractivity contribution in [2.24, 2.45) is 0 Å². The summed E-state index contributed by atoms with van der Waals surface area (Å²) in [5.41, 5.74) is 0.425. The van der Waals surface area contributed by atoms with Crippen LogP contribution in [0.4, 0.5) is 25.8 Å². The number of likely N-dealkylation sites (N-methyl/N-ethyl adjacent to an activating group) is 1. The second kappa shape index (κ2) is 9.77. The van der Waals surface area contributed by atoms with Crippen LogP contribution >= 0.6 is 0 Å². The number of amides is 3. The lowest BCUT2D eigenvalue weighted by atomic mass is 10.0. The first kappa shape index (κ1) is 24.8. The standard InChI is InChI=1S/C27H26F2N4O3/c1-27(2,31-24(34)17-7-5-4-6-8-17)26(36)30-21-16-33(20-12-9-18(28)10-13-20)22-14-11-19(29)15-23(22)32(3)25(21)35/h4-15,21H,16H2,1-3H3,(H,30,36)(H,31,34)/t21-/m1/s1. The van der Waals surface area contributed by atoms with Gasteiger partial charge in [-0.05, 0) is 68.4 Å². The van der Waals surface area contributed by atoms with Crippen LogP contribution in [-0.4, -0.2) is 42.9 Å². The van der Waals surface area contributed by atoms with Gasteiger partial charge in [-0.15, -0.1) is 0 Å². The number of nitrogens with one attached hydrogen (secondary N) is 2. The smallest absolute Gasteiger partial charge is 0.252 e. The Kier molecular flexibility index (Phi) is 6.74. The Morgan fingerprint density at radius 1 is 0.917 bits per heavy atom. The number of carbonyl (C=O) groups is 3. The molecule has 7 nitrogen and oxygen atoms in total. The van der Waals surface area contributed by atoms with Crippen molar-refractivity contribution in [1.82, 2.24) is 10.6 Å². The molecule has 3 aromatic carbocycles. The molecule has 3 amide bonds. The van der Waals surface area contributed by atoms with Crippen molar-refractivity contribution in [2.45, 2.75) is 25.4 Å². The molecule has 36 heavy (non-hydrogen) atoms. The fourth-order valence-corrected chi connectivity index (χ4v) is 4.02. The molecule has 3 aromatic rings. The fraction of sp³-hybridized carbons (Fsp3) is 0.222. The van der Waals surface area contributed by atoms with E-state index < -0.39 is 40.9 Å². The van der Waals surface area contributed by atoms with Gasteiger partial charge in [0.25, 0.3) is 11.8 Å². The third-order valence-electron chi connectivity index (χ3n) is 6.06. The molecular formula is C27H26F2N4O3. The maximum atomic E-state index is 14.1. The zero-order valence-electron chi connectivity index (χ0n) is 20.1. The highest BCUT2D eigenvalue weighted by Gasteiger charge is 2.37. The van der Waals surface area contributed by atoms with Crippen LogP contribution in [0.15, 0.2) is 72.8 Å². The first-order valence-corrected chi connectivity index (χ1v) is 11.4. The zero-order chi connectivity index (χ0) is 26.0. The van der Waals surface area contributed by atoms with E-state index in [1.165, 1.54) is 56.1 Å². The molecule has 0 aromatic heterocycles. The second-order valence-electron chi connectivity index (χ2n) is 9.09. The number of benzene rings is 3. The molecule has 1 heterocycles. The summed E-state index contributed by atoms with van der Waals surface area (Å²) >= 11 is 0. The van der Waals surface area contributed by atoms with Gasteiger partial charge in [0.15, 0.2) is 0 Å². The molecule has 1 aliphatic heterocycles. The molecular weight excluding hydrogens is 466 g/mol. The van der Waals surface area contributed by atoms with Gasteiger partial charge in [-0.3, -0.25) is 14.4 Å². The predicted molar refractivity (Wildman–Crippen MR) is 133 cm³/mol. The van der Waals surface area contributed by atoms with Gasteiger partial charge in [0.2, 0.25) is 5.91 Å². The molecule has 1 atom stereocenters. The topological polar surface area (TPSA) is 81.8 Å². The minimum atomic E-state index is -1.35. The maximum absolute atomic E-state index is 14.1. The average Bonchev–Trinajstić information content (AvgIpc) is 2.95. The summed E-state index contributed by atoms with van der Waals surface area (Å²) in [6.07, 6.45) is 0. The van der Waals surface area contributed by atoms with Gasteiger partial charge < -0.3 is 20.4 Å². The quantitative estimate of drug-likeness (QED) is 0.568. The van der Waals surface area contributed by atoms with E-state index in [0.29, 0.717) is 22.6 Å². The largest absolute Gasteiger partial charge is 0.341 e. The molecule has 0 saturated carbocycles. The number of nitrogens with zero attached hydrogens (tertiary/aromatic N) is 2.